The quantitative estimate of drug-likeness (QED) is 0.777. The molecule has 6 heteroatoms. The van der Waals surface area contributed by atoms with E-state index < -0.39 is 12.0 Å². The van der Waals surface area contributed by atoms with Gasteiger partial charge in [-0.05, 0) is 31.1 Å². The Labute approximate surface area is 118 Å². The standard InChI is InChI=1S/C14H22N2O4/c17-8-9-4-5-15(6-9)14(20)16-7-10-2-1-3-11(10)12(16)13(18)19/h9-12,17H,1-8H2,(H,18,19). The number of carboxylic acids is 1. The number of rotatable bonds is 2. The number of nitrogens with zero attached hydrogens (tertiary/aromatic N) is 2. The Bertz CT molecular complexity index is 414. The zero-order valence-electron chi connectivity index (χ0n) is 11.6. The van der Waals surface area contributed by atoms with Gasteiger partial charge in [-0.2, -0.15) is 0 Å². The van der Waals surface area contributed by atoms with Gasteiger partial charge in [0.05, 0.1) is 0 Å². The van der Waals surface area contributed by atoms with Crippen LogP contribution in [0, 0.1) is 17.8 Å². The maximum absolute atomic E-state index is 12.6. The third-order valence-electron chi connectivity index (χ3n) is 5.20. The summed E-state index contributed by atoms with van der Waals surface area (Å²) in [7, 11) is 0. The van der Waals surface area contributed by atoms with E-state index in [0.29, 0.717) is 25.6 Å². The maximum atomic E-state index is 12.6. The molecule has 1 saturated carbocycles. The van der Waals surface area contributed by atoms with E-state index in [0.717, 1.165) is 25.7 Å². The fourth-order valence-electron chi connectivity index (χ4n) is 4.16. The summed E-state index contributed by atoms with van der Waals surface area (Å²) < 4.78 is 0. The van der Waals surface area contributed by atoms with Gasteiger partial charge in [-0.25, -0.2) is 9.59 Å². The number of hydrogen-bond acceptors (Lipinski definition) is 3. The number of carbonyl (C=O) groups excluding carboxylic acids is 1. The van der Waals surface area contributed by atoms with Crippen LogP contribution >= 0.6 is 0 Å². The molecule has 3 fully saturated rings. The van der Waals surface area contributed by atoms with Gasteiger partial charge in [0, 0.05) is 32.2 Å². The fraction of sp³-hybridized carbons (Fsp3) is 0.857. The normalized spacial score (nSPS) is 36.5. The lowest BCUT2D eigenvalue weighted by atomic mass is 9.94. The first kappa shape index (κ1) is 13.7. The number of likely N-dealkylation sites (tertiary alicyclic amines) is 2. The first-order valence-corrected chi connectivity index (χ1v) is 7.51. The number of aliphatic hydroxyl groups is 1. The lowest BCUT2D eigenvalue weighted by Crippen LogP contribution is -2.49. The van der Waals surface area contributed by atoms with Crippen molar-refractivity contribution in [2.45, 2.75) is 31.7 Å². The molecule has 2 saturated heterocycles. The van der Waals surface area contributed by atoms with Crippen molar-refractivity contribution in [1.29, 1.82) is 0 Å². The van der Waals surface area contributed by atoms with Crippen LogP contribution in [0.1, 0.15) is 25.7 Å². The number of hydrogen-bond donors (Lipinski definition) is 2. The average molecular weight is 282 g/mol. The van der Waals surface area contributed by atoms with Gasteiger partial charge in [-0.1, -0.05) is 6.42 Å². The van der Waals surface area contributed by atoms with Crippen molar-refractivity contribution in [3.63, 3.8) is 0 Å². The van der Waals surface area contributed by atoms with Crippen LogP contribution in [0.25, 0.3) is 0 Å². The third kappa shape index (κ3) is 2.16. The van der Waals surface area contributed by atoms with Gasteiger partial charge in [0.15, 0.2) is 0 Å². The summed E-state index contributed by atoms with van der Waals surface area (Å²) in [6.07, 6.45) is 3.85. The highest BCUT2D eigenvalue weighted by atomic mass is 16.4. The second-order valence-electron chi connectivity index (χ2n) is 6.36. The van der Waals surface area contributed by atoms with Crippen molar-refractivity contribution >= 4 is 12.0 Å². The first-order chi connectivity index (χ1) is 9.61. The van der Waals surface area contributed by atoms with Gasteiger partial charge in [0.1, 0.15) is 6.04 Å². The molecule has 4 unspecified atom stereocenters. The minimum Gasteiger partial charge on any atom is -0.480 e. The summed E-state index contributed by atoms with van der Waals surface area (Å²) in [5.41, 5.74) is 0. The number of aliphatic hydroxyl groups excluding tert-OH is 1. The minimum absolute atomic E-state index is 0.0946. The second-order valence-corrected chi connectivity index (χ2v) is 6.36. The van der Waals surface area contributed by atoms with Crippen LogP contribution in [0.5, 0.6) is 0 Å². The molecule has 6 nitrogen and oxygen atoms in total. The van der Waals surface area contributed by atoms with E-state index in [4.69, 9.17) is 5.11 Å². The van der Waals surface area contributed by atoms with Crippen LogP contribution in [0.4, 0.5) is 4.79 Å². The monoisotopic (exact) mass is 282 g/mol. The van der Waals surface area contributed by atoms with Crippen molar-refractivity contribution in [2.75, 3.05) is 26.2 Å². The molecule has 2 heterocycles. The Balaban J connectivity index is 1.72. The maximum Gasteiger partial charge on any atom is 0.326 e. The van der Waals surface area contributed by atoms with Crippen molar-refractivity contribution in [2.24, 2.45) is 17.8 Å². The van der Waals surface area contributed by atoms with Crippen LogP contribution in [-0.2, 0) is 4.79 Å². The van der Waals surface area contributed by atoms with Crippen LogP contribution < -0.4 is 0 Å². The SMILES string of the molecule is O=C(O)C1C2CCCC2CN1C(=O)N1CCC(CO)C1. The smallest absolute Gasteiger partial charge is 0.326 e. The van der Waals surface area contributed by atoms with E-state index in [9.17, 15) is 14.7 Å². The van der Waals surface area contributed by atoms with Gasteiger partial charge in [-0.3, -0.25) is 0 Å². The number of carboxylic acid groups (broad SMARTS) is 1. The highest BCUT2D eigenvalue weighted by Crippen LogP contribution is 2.42. The van der Waals surface area contributed by atoms with E-state index in [1.54, 1.807) is 9.80 Å². The van der Waals surface area contributed by atoms with E-state index in [-0.39, 0.29) is 24.5 Å². The van der Waals surface area contributed by atoms with Gasteiger partial charge < -0.3 is 20.0 Å². The Hall–Kier alpha value is -1.30. The molecule has 0 radical (unpaired) electrons. The van der Waals surface area contributed by atoms with Crippen LogP contribution in [0.15, 0.2) is 0 Å². The first-order valence-electron chi connectivity index (χ1n) is 7.51. The fourth-order valence-corrected chi connectivity index (χ4v) is 4.16. The molecule has 0 spiro atoms. The van der Waals surface area contributed by atoms with Gasteiger partial charge in [0.2, 0.25) is 0 Å². The third-order valence-corrected chi connectivity index (χ3v) is 5.20. The average Bonchev–Trinajstić information content (AvgIpc) is 3.11. The summed E-state index contributed by atoms with van der Waals surface area (Å²) in [5, 5.41) is 18.6. The van der Waals surface area contributed by atoms with E-state index in [2.05, 4.69) is 0 Å². The molecule has 1 aliphatic carbocycles. The van der Waals surface area contributed by atoms with Gasteiger partial charge >= 0.3 is 12.0 Å². The van der Waals surface area contributed by atoms with Crippen molar-refractivity contribution in [3.05, 3.63) is 0 Å². The Kier molecular flexibility index (Phi) is 3.58. The zero-order chi connectivity index (χ0) is 14.3. The number of amides is 2. The van der Waals surface area contributed by atoms with Crippen molar-refractivity contribution in [3.8, 4) is 0 Å². The zero-order valence-corrected chi connectivity index (χ0v) is 11.6. The van der Waals surface area contributed by atoms with Crippen LogP contribution in [0.3, 0.4) is 0 Å². The molecule has 2 aliphatic heterocycles. The predicted octanol–water partition coefficient (Wildman–Crippen LogP) is 0.606. The topological polar surface area (TPSA) is 81.1 Å². The molecule has 3 aliphatic rings. The molecule has 0 bridgehead atoms. The van der Waals surface area contributed by atoms with E-state index >= 15 is 0 Å². The summed E-state index contributed by atoms with van der Waals surface area (Å²) in [6, 6.07) is -0.800. The highest BCUT2D eigenvalue weighted by Gasteiger charge is 2.50. The molecule has 2 N–H and O–H groups in total. The molecular weight excluding hydrogens is 260 g/mol. The molecule has 3 rings (SSSR count). The van der Waals surface area contributed by atoms with E-state index in [1.165, 1.54) is 0 Å². The summed E-state index contributed by atoms with van der Waals surface area (Å²) in [6.45, 7) is 1.86. The lowest BCUT2D eigenvalue weighted by molar-refractivity contribution is -0.142. The number of fused-ring (bicyclic) bond motifs is 1. The van der Waals surface area contributed by atoms with Crippen molar-refractivity contribution in [1.82, 2.24) is 9.80 Å². The molecule has 4 atom stereocenters. The van der Waals surface area contributed by atoms with Crippen LogP contribution in [-0.4, -0.2) is 64.3 Å². The summed E-state index contributed by atoms with van der Waals surface area (Å²) in [4.78, 5) is 27.4. The minimum atomic E-state index is -0.870. The molecule has 112 valence electrons. The summed E-state index contributed by atoms with van der Waals surface area (Å²) >= 11 is 0. The molecule has 0 aromatic rings. The van der Waals surface area contributed by atoms with Crippen LogP contribution in [0.2, 0.25) is 0 Å². The Morgan fingerprint density at radius 3 is 2.60 bits per heavy atom. The molecule has 0 aromatic carbocycles. The largest absolute Gasteiger partial charge is 0.480 e. The van der Waals surface area contributed by atoms with E-state index in [1.807, 2.05) is 0 Å². The number of carbonyl (C=O) groups is 2. The second kappa shape index (κ2) is 5.24. The summed E-state index contributed by atoms with van der Waals surface area (Å²) in [5.74, 6) is -0.237. The highest BCUT2D eigenvalue weighted by molar-refractivity contribution is 5.84. The number of aliphatic carboxylic acids is 1. The molecule has 0 aromatic heterocycles. The lowest BCUT2D eigenvalue weighted by Gasteiger charge is -2.29. The molecule has 20 heavy (non-hydrogen) atoms. The molecule has 2 amide bonds. The predicted molar refractivity (Wildman–Crippen MR) is 71.1 cm³/mol. The number of urea groups is 1. The Morgan fingerprint density at radius 1 is 1.15 bits per heavy atom. The van der Waals surface area contributed by atoms with Gasteiger partial charge in [0.25, 0.3) is 0 Å². The van der Waals surface area contributed by atoms with Crippen molar-refractivity contribution < 1.29 is 19.8 Å². The molecular formula is C14H22N2O4. The van der Waals surface area contributed by atoms with Gasteiger partial charge in [-0.15, -0.1) is 0 Å². The Morgan fingerprint density at radius 2 is 1.95 bits per heavy atom.